The minimum absolute atomic E-state index is 0.358. The summed E-state index contributed by atoms with van der Waals surface area (Å²) in [7, 11) is 0. The van der Waals surface area contributed by atoms with Gasteiger partial charge in [-0.15, -0.1) is 12.3 Å². The molecule has 0 saturated heterocycles. The van der Waals surface area contributed by atoms with Crippen LogP contribution in [0.3, 0.4) is 0 Å². The van der Waals surface area contributed by atoms with E-state index in [0.717, 1.165) is 37.7 Å². The fraction of sp³-hybridized carbons (Fsp3) is 0.389. The van der Waals surface area contributed by atoms with Gasteiger partial charge in [0.1, 0.15) is 0 Å². The Bertz CT molecular complexity index is 578. The molecule has 2 nitrogen and oxygen atoms in total. The molecule has 1 unspecified atom stereocenters. The maximum Gasteiger partial charge on any atom is 0.0705 e. The summed E-state index contributed by atoms with van der Waals surface area (Å²) in [6.07, 6.45) is 11.4. The lowest BCUT2D eigenvalue weighted by Crippen LogP contribution is -2.22. The average Bonchev–Trinajstić information content (AvgIpc) is 2.50. The molecule has 0 amide bonds. The zero-order valence-electron chi connectivity index (χ0n) is 12.1. The van der Waals surface area contributed by atoms with Crippen molar-refractivity contribution in [3.63, 3.8) is 0 Å². The van der Waals surface area contributed by atoms with Gasteiger partial charge in [-0.3, -0.25) is 4.98 Å². The van der Waals surface area contributed by atoms with E-state index in [2.05, 4.69) is 47.4 Å². The summed E-state index contributed by atoms with van der Waals surface area (Å²) in [5, 5.41) is 4.88. The first kappa shape index (κ1) is 14.6. The first-order chi connectivity index (χ1) is 9.86. The molecule has 0 aliphatic rings. The Morgan fingerprint density at radius 3 is 2.95 bits per heavy atom. The fourth-order valence-corrected chi connectivity index (χ4v) is 2.52. The molecule has 1 atom stereocenters. The lowest BCUT2D eigenvalue weighted by atomic mass is 9.97. The van der Waals surface area contributed by atoms with Gasteiger partial charge in [-0.25, -0.2) is 0 Å². The molecule has 2 heteroatoms. The van der Waals surface area contributed by atoms with Gasteiger partial charge in [-0.1, -0.05) is 25.1 Å². The van der Waals surface area contributed by atoms with Crippen LogP contribution in [-0.2, 0) is 0 Å². The van der Waals surface area contributed by atoms with E-state index in [1.165, 1.54) is 10.9 Å². The molecule has 0 fully saturated rings. The Labute approximate surface area is 121 Å². The van der Waals surface area contributed by atoms with Gasteiger partial charge in [0.25, 0.3) is 0 Å². The van der Waals surface area contributed by atoms with E-state index in [0.29, 0.717) is 6.04 Å². The number of pyridine rings is 1. The van der Waals surface area contributed by atoms with E-state index in [9.17, 15) is 0 Å². The monoisotopic (exact) mass is 266 g/mol. The summed E-state index contributed by atoms with van der Waals surface area (Å²) in [5.74, 6) is 2.73. The quantitative estimate of drug-likeness (QED) is 0.603. The number of terminal acetylenes is 1. The molecule has 2 rings (SSSR count). The molecular formula is C18H22N2. The zero-order chi connectivity index (χ0) is 14.2. The zero-order valence-corrected chi connectivity index (χ0v) is 12.1. The number of unbranched alkanes of at least 4 members (excludes halogenated alkanes) is 1. The molecule has 104 valence electrons. The maximum absolute atomic E-state index is 5.36. The van der Waals surface area contributed by atoms with Gasteiger partial charge in [0.05, 0.1) is 5.52 Å². The number of hydrogen-bond acceptors (Lipinski definition) is 2. The second-order valence-corrected chi connectivity index (χ2v) is 5.02. The fourth-order valence-electron chi connectivity index (χ4n) is 2.52. The number of fused-ring (bicyclic) bond motifs is 1. The van der Waals surface area contributed by atoms with Crippen molar-refractivity contribution < 1.29 is 0 Å². The van der Waals surface area contributed by atoms with Gasteiger partial charge in [0.2, 0.25) is 0 Å². The number of para-hydroxylation sites is 1. The van der Waals surface area contributed by atoms with Crippen LogP contribution in [-0.4, -0.2) is 11.5 Å². The van der Waals surface area contributed by atoms with Crippen LogP contribution in [0.2, 0.25) is 0 Å². The molecule has 0 saturated carbocycles. The van der Waals surface area contributed by atoms with Crippen molar-refractivity contribution in [2.45, 2.75) is 38.6 Å². The van der Waals surface area contributed by atoms with Crippen LogP contribution in [0.5, 0.6) is 0 Å². The molecule has 1 N–H and O–H groups in total. The minimum Gasteiger partial charge on any atom is -0.310 e. The van der Waals surface area contributed by atoms with E-state index in [4.69, 9.17) is 6.42 Å². The summed E-state index contributed by atoms with van der Waals surface area (Å²) in [5.41, 5.74) is 2.39. The highest BCUT2D eigenvalue weighted by molar-refractivity contribution is 5.82. The van der Waals surface area contributed by atoms with E-state index >= 15 is 0 Å². The van der Waals surface area contributed by atoms with Gasteiger partial charge >= 0.3 is 0 Å². The Hall–Kier alpha value is -1.85. The molecular weight excluding hydrogens is 244 g/mol. The largest absolute Gasteiger partial charge is 0.310 e. The minimum atomic E-state index is 0.358. The lowest BCUT2D eigenvalue weighted by molar-refractivity contribution is 0.490. The van der Waals surface area contributed by atoms with Crippen molar-refractivity contribution in [3.8, 4) is 12.3 Å². The first-order valence-electron chi connectivity index (χ1n) is 7.37. The highest BCUT2D eigenvalue weighted by atomic mass is 14.9. The standard InChI is InChI=1S/C18H22N2/c1-3-5-6-10-18(19-13-4-2)16-12-14-20-17-11-8-7-9-15(16)17/h1,7-9,11-12,14,18-19H,4-6,10,13H2,2H3. The third-order valence-electron chi connectivity index (χ3n) is 3.51. The number of hydrogen-bond donors (Lipinski definition) is 1. The molecule has 1 aromatic carbocycles. The Morgan fingerprint density at radius 1 is 1.30 bits per heavy atom. The molecule has 0 radical (unpaired) electrons. The molecule has 0 spiro atoms. The van der Waals surface area contributed by atoms with E-state index < -0.39 is 0 Å². The molecule has 1 aromatic heterocycles. The first-order valence-corrected chi connectivity index (χ1v) is 7.37. The Balaban J connectivity index is 2.27. The average molecular weight is 266 g/mol. The van der Waals surface area contributed by atoms with Crippen molar-refractivity contribution >= 4 is 10.9 Å². The summed E-state index contributed by atoms with van der Waals surface area (Å²) in [6, 6.07) is 10.8. The van der Waals surface area contributed by atoms with Crippen molar-refractivity contribution in [2.24, 2.45) is 0 Å². The van der Waals surface area contributed by atoms with Gasteiger partial charge < -0.3 is 5.32 Å². The maximum atomic E-state index is 5.36. The van der Waals surface area contributed by atoms with Crippen molar-refractivity contribution in [2.75, 3.05) is 6.54 Å². The molecule has 0 aliphatic carbocycles. The molecule has 2 aromatic rings. The number of nitrogens with zero attached hydrogens (tertiary/aromatic N) is 1. The van der Waals surface area contributed by atoms with Crippen LogP contribution >= 0.6 is 0 Å². The number of benzene rings is 1. The normalized spacial score (nSPS) is 12.2. The van der Waals surface area contributed by atoms with Gasteiger partial charge in [0.15, 0.2) is 0 Å². The third kappa shape index (κ3) is 3.59. The number of aromatic nitrogens is 1. The van der Waals surface area contributed by atoms with E-state index in [1.54, 1.807) is 0 Å². The molecule has 20 heavy (non-hydrogen) atoms. The van der Waals surface area contributed by atoms with E-state index in [1.807, 2.05) is 12.3 Å². The second-order valence-electron chi connectivity index (χ2n) is 5.02. The second kappa shape index (κ2) is 7.67. The van der Waals surface area contributed by atoms with E-state index in [-0.39, 0.29) is 0 Å². The van der Waals surface area contributed by atoms with Crippen molar-refractivity contribution in [3.05, 3.63) is 42.1 Å². The highest BCUT2D eigenvalue weighted by Gasteiger charge is 2.13. The van der Waals surface area contributed by atoms with Crippen LogP contribution in [0.15, 0.2) is 36.5 Å². The summed E-state index contributed by atoms with van der Waals surface area (Å²) in [4.78, 5) is 4.44. The van der Waals surface area contributed by atoms with Crippen molar-refractivity contribution in [1.29, 1.82) is 0 Å². The molecule has 1 heterocycles. The SMILES string of the molecule is C#CCCCC(NCCC)c1ccnc2ccccc12. The summed E-state index contributed by atoms with van der Waals surface area (Å²) >= 11 is 0. The molecule has 0 bridgehead atoms. The van der Waals surface area contributed by atoms with Crippen molar-refractivity contribution in [1.82, 2.24) is 10.3 Å². The number of nitrogens with one attached hydrogen (secondary N) is 1. The van der Waals surface area contributed by atoms with Crippen LogP contribution in [0.25, 0.3) is 10.9 Å². The van der Waals surface area contributed by atoms with Crippen LogP contribution < -0.4 is 5.32 Å². The third-order valence-corrected chi connectivity index (χ3v) is 3.51. The van der Waals surface area contributed by atoms with Crippen LogP contribution in [0.1, 0.15) is 44.2 Å². The summed E-state index contributed by atoms with van der Waals surface area (Å²) < 4.78 is 0. The van der Waals surface area contributed by atoms with Gasteiger partial charge in [-0.2, -0.15) is 0 Å². The lowest BCUT2D eigenvalue weighted by Gasteiger charge is -2.20. The summed E-state index contributed by atoms with van der Waals surface area (Å²) in [6.45, 7) is 3.22. The predicted octanol–water partition coefficient (Wildman–Crippen LogP) is 4.08. The predicted molar refractivity (Wildman–Crippen MR) is 85.5 cm³/mol. The van der Waals surface area contributed by atoms with Gasteiger partial charge in [0, 0.05) is 24.0 Å². The van der Waals surface area contributed by atoms with Crippen LogP contribution in [0, 0.1) is 12.3 Å². The smallest absolute Gasteiger partial charge is 0.0705 e. The van der Waals surface area contributed by atoms with Gasteiger partial charge in [-0.05, 0) is 43.5 Å². The Kier molecular flexibility index (Phi) is 5.58. The number of rotatable bonds is 7. The van der Waals surface area contributed by atoms with Crippen LogP contribution in [0.4, 0.5) is 0 Å². The highest BCUT2D eigenvalue weighted by Crippen LogP contribution is 2.26. The Morgan fingerprint density at radius 2 is 2.15 bits per heavy atom. The molecule has 0 aliphatic heterocycles. The topological polar surface area (TPSA) is 24.9 Å².